The number of nitrogens with one attached hydrogen (secondary N) is 2. The van der Waals surface area contributed by atoms with Crippen molar-refractivity contribution in [3.63, 3.8) is 0 Å². The Hall–Kier alpha value is -2.08. The molecule has 252 valence electrons. The van der Waals surface area contributed by atoms with Gasteiger partial charge in [-0.15, -0.1) is 0 Å². The van der Waals surface area contributed by atoms with E-state index in [1.54, 1.807) is 22.9 Å². The van der Waals surface area contributed by atoms with Crippen LogP contribution in [-0.4, -0.2) is 39.3 Å². The van der Waals surface area contributed by atoms with Crippen LogP contribution >= 0.6 is 28.4 Å². The zero-order chi connectivity index (χ0) is 34.5. The lowest BCUT2D eigenvalue weighted by Crippen LogP contribution is -2.61. The number of ether oxygens (including phenoxy) is 1. The van der Waals surface area contributed by atoms with Crippen LogP contribution in [0.15, 0.2) is 42.1 Å². The van der Waals surface area contributed by atoms with Crippen LogP contribution in [0.25, 0.3) is 16.8 Å². The van der Waals surface area contributed by atoms with Crippen LogP contribution < -0.4 is 38.3 Å². The number of piperidine rings is 1. The number of hydrogen-bond acceptors (Lipinski definition) is 8. The summed E-state index contributed by atoms with van der Waals surface area (Å²) in [6.07, 6.45) is 8.20. The molecular weight excluding hydrogens is 689 g/mol. The molecule has 1 aromatic carbocycles. The molecule has 0 radical (unpaired) electrons. The highest BCUT2D eigenvalue weighted by Gasteiger charge is 2.37. The summed E-state index contributed by atoms with van der Waals surface area (Å²) in [5.41, 5.74) is 26.3. The van der Waals surface area contributed by atoms with Crippen LogP contribution in [0.3, 0.4) is 0 Å². The fourth-order valence-corrected chi connectivity index (χ4v) is 5.81. The Morgan fingerprint density at radius 1 is 1.16 bits per heavy atom. The van der Waals surface area contributed by atoms with Crippen LogP contribution in [0.5, 0.6) is 5.75 Å². The standard InChI is InChI=1S/C23H34FIN7OP.C5H13N.2C2H6/c1-22(2)9-14(10-23(3,4)31-22)30-21(28)19(27)8-18(26)16-6-17(24)15(7-20(16)33-5)13-11-29-32(12-13)34-25;1-4-5(2,3)6;2*1-2/h6-8,11-12,14,30-31,34H,9-10,26-28H2,1-5H3;4,6H2,1-3H3;2*1-2H3/b18-8-,21-19-;;;. The van der Waals surface area contributed by atoms with Crippen molar-refractivity contribution in [3.8, 4) is 16.9 Å². The molecule has 2 aromatic rings. The van der Waals surface area contributed by atoms with E-state index in [9.17, 15) is 0 Å². The number of aromatic nitrogens is 2. The highest BCUT2D eigenvalue weighted by atomic mass is 127. The van der Waals surface area contributed by atoms with Gasteiger partial charge in [0.2, 0.25) is 0 Å². The average Bonchev–Trinajstić information content (AvgIpc) is 3.42. The molecule has 2 heterocycles. The van der Waals surface area contributed by atoms with Gasteiger partial charge in [0.25, 0.3) is 0 Å². The number of rotatable bonds is 8. The molecule has 1 saturated heterocycles. The van der Waals surface area contributed by atoms with E-state index in [1.807, 2.05) is 41.5 Å². The molecule has 0 aliphatic carbocycles. The van der Waals surface area contributed by atoms with E-state index >= 15 is 4.39 Å². The first kappa shape index (κ1) is 41.9. The molecule has 0 saturated carbocycles. The fraction of sp³-hybridized carbons (Fsp3) is 0.594. The molecule has 0 spiro atoms. The van der Waals surface area contributed by atoms with Gasteiger partial charge in [0.05, 0.1) is 25.4 Å². The normalized spacial score (nSPS) is 16.8. The molecule has 1 aliphatic rings. The predicted molar refractivity (Wildman–Crippen MR) is 198 cm³/mol. The average molecular weight is 749 g/mol. The van der Waals surface area contributed by atoms with Crippen molar-refractivity contribution in [1.29, 1.82) is 0 Å². The molecule has 9 nitrogen and oxygen atoms in total. The van der Waals surface area contributed by atoms with Crippen LogP contribution in [0.2, 0.25) is 0 Å². The number of allylic oxidation sites excluding steroid dienone is 1. The fourth-order valence-electron chi connectivity index (χ4n) is 4.73. The molecule has 1 unspecified atom stereocenters. The van der Waals surface area contributed by atoms with Crippen molar-refractivity contribution in [2.45, 2.75) is 118 Å². The van der Waals surface area contributed by atoms with E-state index < -0.39 is 5.82 Å². The Morgan fingerprint density at radius 3 is 2.11 bits per heavy atom. The first-order valence-electron chi connectivity index (χ1n) is 15.3. The summed E-state index contributed by atoms with van der Waals surface area (Å²) in [5, 5.41) is 11.2. The van der Waals surface area contributed by atoms with Gasteiger partial charge < -0.3 is 38.3 Å². The minimum absolute atomic E-state index is 0.0381. The molecule has 44 heavy (non-hydrogen) atoms. The first-order valence-corrected chi connectivity index (χ1v) is 19.3. The summed E-state index contributed by atoms with van der Waals surface area (Å²) < 4.78 is 22.3. The largest absolute Gasteiger partial charge is 0.496 e. The maximum Gasteiger partial charge on any atom is 0.132 e. The van der Waals surface area contributed by atoms with Crippen LogP contribution in [0.4, 0.5) is 4.39 Å². The second kappa shape index (κ2) is 18.8. The molecule has 1 aromatic heterocycles. The zero-order valence-corrected chi connectivity index (χ0v) is 32.1. The molecule has 10 N–H and O–H groups in total. The van der Waals surface area contributed by atoms with E-state index in [4.69, 9.17) is 27.7 Å². The summed E-state index contributed by atoms with van der Waals surface area (Å²) in [7, 11) is 1.51. The monoisotopic (exact) mass is 748 g/mol. The summed E-state index contributed by atoms with van der Waals surface area (Å²) in [6, 6.07) is 3.11. The van der Waals surface area contributed by atoms with Gasteiger partial charge in [0.15, 0.2) is 0 Å². The van der Waals surface area contributed by atoms with E-state index in [1.165, 1.54) is 19.3 Å². The Kier molecular flexibility index (Phi) is 17.9. The molecule has 1 fully saturated rings. The predicted octanol–water partition coefficient (Wildman–Crippen LogP) is 6.96. The Balaban J connectivity index is 0.00000163. The van der Waals surface area contributed by atoms with Crippen molar-refractivity contribution in [2.24, 2.45) is 22.9 Å². The minimum atomic E-state index is -0.434. The van der Waals surface area contributed by atoms with Gasteiger partial charge in [-0.05, 0) is 101 Å². The van der Waals surface area contributed by atoms with Crippen LogP contribution in [-0.2, 0) is 0 Å². The van der Waals surface area contributed by atoms with Crippen molar-refractivity contribution in [3.05, 3.63) is 53.5 Å². The summed E-state index contributed by atoms with van der Waals surface area (Å²) >= 11 is 2.21. The third-order valence-corrected chi connectivity index (χ3v) is 8.56. The van der Waals surface area contributed by atoms with E-state index in [0.29, 0.717) is 34.6 Å². The Morgan fingerprint density at radius 2 is 1.68 bits per heavy atom. The number of nitrogens with two attached hydrogens (primary N) is 4. The first-order chi connectivity index (χ1) is 20.4. The smallest absolute Gasteiger partial charge is 0.132 e. The van der Waals surface area contributed by atoms with Gasteiger partial charge in [-0.25, -0.2) is 8.84 Å². The maximum absolute atomic E-state index is 15.0. The van der Waals surface area contributed by atoms with Gasteiger partial charge in [0, 0.05) is 51.2 Å². The van der Waals surface area contributed by atoms with Crippen molar-refractivity contribution in [2.75, 3.05) is 7.11 Å². The summed E-state index contributed by atoms with van der Waals surface area (Å²) in [5.74, 6) is 0.330. The number of halogens is 2. The Labute approximate surface area is 280 Å². The lowest BCUT2D eigenvalue weighted by Gasteiger charge is -2.47. The SMILES string of the molecule is CC.CC.CCC(C)(C)N.COc1cc(-c2cnn(PI)c2)c(F)cc1/C(N)=C/C(N)=C(\N)NC1CC(C)(C)NC(C)(C)C1. The van der Waals surface area contributed by atoms with Gasteiger partial charge in [0.1, 0.15) is 17.4 Å². The van der Waals surface area contributed by atoms with Crippen LogP contribution in [0.1, 0.15) is 101 Å². The second-order valence-electron chi connectivity index (χ2n) is 12.2. The number of nitrogens with zero attached hydrogens (tertiary/aromatic N) is 2. The summed E-state index contributed by atoms with van der Waals surface area (Å²) in [6.45, 7) is 22.8. The molecule has 12 heteroatoms. The lowest BCUT2D eigenvalue weighted by molar-refractivity contribution is 0.151. The van der Waals surface area contributed by atoms with Gasteiger partial charge in [-0.1, -0.05) is 34.6 Å². The summed E-state index contributed by atoms with van der Waals surface area (Å²) in [4.78, 5) is 0. The van der Waals surface area contributed by atoms with Gasteiger partial charge >= 0.3 is 0 Å². The second-order valence-corrected chi connectivity index (χ2v) is 14.3. The van der Waals surface area contributed by atoms with E-state index in [0.717, 1.165) is 19.3 Å². The van der Waals surface area contributed by atoms with Crippen LogP contribution in [0, 0.1) is 5.82 Å². The molecular formula is C32H59FIN8OP. The topological polar surface area (TPSA) is 155 Å². The number of benzene rings is 1. The zero-order valence-electron chi connectivity index (χ0n) is 29.0. The highest BCUT2D eigenvalue weighted by Crippen LogP contribution is 2.34. The Bertz CT molecular complexity index is 1210. The van der Waals surface area contributed by atoms with E-state index in [2.05, 4.69) is 72.4 Å². The molecule has 0 bridgehead atoms. The van der Waals surface area contributed by atoms with Gasteiger partial charge in [-0.3, -0.25) is 0 Å². The van der Waals surface area contributed by atoms with Crippen molar-refractivity contribution < 1.29 is 9.13 Å². The van der Waals surface area contributed by atoms with Crippen molar-refractivity contribution >= 4 is 34.1 Å². The highest BCUT2D eigenvalue weighted by molar-refractivity contribution is 14.2. The molecule has 1 aliphatic heterocycles. The number of methoxy groups -OCH3 is 1. The third kappa shape index (κ3) is 13.9. The van der Waals surface area contributed by atoms with Gasteiger partial charge in [-0.2, -0.15) is 5.10 Å². The number of hydrogen-bond donors (Lipinski definition) is 6. The maximum atomic E-state index is 15.0. The minimum Gasteiger partial charge on any atom is -0.496 e. The quantitative estimate of drug-likeness (QED) is 0.0963. The molecule has 1 atom stereocenters. The van der Waals surface area contributed by atoms with E-state index in [-0.39, 0.29) is 34.1 Å². The lowest BCUT2D eigenvalue weighted by atomic mass is 9.79. The molecule has 0 amide bonds. The molecule has 3 rings (SSSR count). The third-order valence-electron chi connectivity index (χ3n) is 6.66. The van der Waals surface area contributed by atoms with Crippen molar-refractivity contribution in [1.82, 2.24) is 20.2 Å².